The zero-order chi connectivity index (χ0) is 14.5. The molecule has 1 aliphatic carbocycles. The van der Waals surface area contributed by atoms with Crippen LogP contribution in [0.15, 0.2) is 24.3 Å². The summed E-state index contributed by atoms with van der Waals surface area (Å²) < 4.78 is 4.72. The monoisotopic (exact) mass is 275 g/mol. The minimum Gasteiger partial charge on any atom is -0.465 e. The van der Waals surface area contributed by atoms with Crippen molar-refractivity contribution in [3.8, 4) is 0 Å². The first-order chi connectivity index (χ1) is 9.61. The van der Waals surface area contributed by atoms with Crippen LogP contribution in [-0.4, -0.2) is 31.1 Å². The number of benzene rings is 1. The van der Waals surface area contributed by atoms with Crippen molar-refractivity contribution in [1.82, 2.24) is 4.90 Å². The number of esters is 1. The lowest BCUT2D eigenvalue weighted by Crippen LogP contribution is -2.38. The second-order valence-electron chi connectivity index (χ2n) is 5.93. The lowest BCUT2D eigenvalue weighted by molar-refractivity contribution is 0.0600. The fourth-order valence-electron chi connectivity index (χ4n) is 3.22. The average Bonchev–Trinajstić information content (AvgIpc) is 2.47. The van der Waals surface area contributed by atoms with Gasteiger partial charge in [-0.3, -0.25) is 4.90 Å². The average molecular weight is 275 g/mol. The molecule has 0 bridgehead atoms. The molecule has 0 saturated heterocycles. The van der Waals surface area contributed by atoms with Crippen LogP contribution in [0.2, 0.25) is 0 Å². The van der Waals surface area contributed by atoms with Crippen LogP contribution < -0.4 is 0 Å². The first-order valence-corrected chi connectivity index (χ1v) is 7.49. The van der Waals surface area contributed by atoms with Crippen LogP contribution in [0.25, 0.3) is 0 Å². The lowest BCUT2D eigenvalue weighted by Gasteiger charge is -2.36. The first-order valence-electron chi connectivity index (χ1n) is 7.49. The second kappa shape index (κ2) is 6.89. The topological polar surface area (TPSA) is 29.5 Å². The van der Waals surface area contributed by atoms with Crippen molar-refractivity contribution in [2.24, 2.45) is 5.92 Å². The van der Waals surface area contributed by atoms with Crippen molar-refractivity contribution >= 4 is 5.97 Å². The van der Waals surface area contributed by atoms with E-state index in [1.807, 2.05) is 24.3 Å². The molecule has 0 N–H and O–H groups in total. The molecule has 2 rings (SSSR count). The molecule has 1 aliphatic rings. The Labute approximate surface area is 121 Å². The number of hydrogen-bond acceptors (Lipinski definition) is 3. The molecular formula is C17H25NO2. The quantitative estimate of drug-likeness (QED) is 0.788. The molecule has 1 saturated carbocycles. The number of hydrogen-bond donors (Lipinski definition) is 0. The second-order valence-corrected chi connectivity index (χ2v) is 5.93. The summed E-state index contributed by atoms with van der Waals surface area (Å²) in [7, 11) is 3.62. The Morgan fingerprint density at radius 2 is 1.90 bits per heavy atom. The zero-order valence-electron chi connectivity index (χ0n) is 12.8. The van der Waals surface area contributed by atoms with Gasteiger partial charge in [-0.05, 0) is 43.5 Å². The van der Waals surface area contributed by atoms with Gasteiger partial charge in [0.2, 0.25) is 0 Å². The molecule has 2 atom stereocenters. The van der Waals surface area contributed by atoms with Crippen LogP contribution in [0.3, 0.4) is 0 Å². The van der Waals surface area contributed by atoms with E-state index in [-0.39, 0.29) is 5.97 Å². The maximum Gasteiger partial charge on any atom is 0.337 e. The Balaban J connectivity index is 1.97. The number of carbonyl (C=O) groups is 1. The summed E-state index contributed by atoms with van der Waals surface area (Å²) >= 11 is 0. The summed E-state index contributed by atoms with van der Waals surface area (Å²) in [5, 5.41) is 0. The van der Waals surface area contributed by atoms with Crippen molar-refractivity contribution in [1.29, 1.82) is 0 Å². The molecule has 0 amide bonds. The highest BCUT2D eigenvalue weighted by Crippen LogP contribution is 2.28. The van der Waals surface area contributed by atoms with Gasteiger partial charge in [0.25, 0.3) is 0 Å². The van der Waals surface area contributed by atoms with E-state index in [1.54, 1.807) is 0 Å². The minimum atomic E-state index is -0.272. The van der Waals surface area contributed by atoms with E-state index in [0.29, 0.717) is 11.6 Å². The summed E-state index contributed by atoms with van der Waals surface area (Å²) in [5.74, 6) is 0.508. The van der Waals surface area contributed by atoms with E-state index < -0.39 is 0 Å². The number of ether oxygens (including phenoxy) is 1. The first kappa shape index (κ1) is 15.0. The molecule has 0 spiro atoms. The Bertz CT molecular complexity index is 441. The molecule has 0 aliphatic heterocycles. The molecule has 110 valence electrons. The number of nitrogens with zero attached hydrogens (tertiary/aromatic N) is 1. The van der Waals surface area contributed by atoms with Gasteiger partial charge in [-0.15, -0.1) is 0 Å². The number of methoxy groups -OCH3 is 1. The van der Waals surface area contributed by atoms with Gasteiger partial charge in [0.1, 0.15) is 0 Å². The summed E-state index contributed by atoms with van der Waals surface area (Å²) in [6.07, 6.45) is 5.37. The number of carbonyl (C=O) groups excluding carboxylic acids is 1. The van der Waals surface area contributed by atoms with Crippen molar-refractivity contribution in [3.05, 3.63) is 35.4 Å². The third kappa shape index (κ3) is 3.60. The Kier molecular flexibility index (Phi) is 5.18. The van der Waals surface area contributed by atoms with E-state index in [1.165, 1.54) is 38.4 Å². The Morgan fingerprint density at radius 3 is 2.50 bits per heavy atom. The van der Waals surface area contributed by atoms with Gasteiger partial charge in [-0.2, -0.15) is 0 Å². The molecule has 1 aromatic rings. The van der Waals surface area contributed by atoms with Gasteiger partial charge in [0.05, 0.1) is 12.7 Å². The van der Waals surface area contributed by atoms with E-state index in [0.717, 1.165) is 12.5 Å². The Hall–Kier alpha value is -1.35. The fraction of sp³-hybridized carbons (Fsp3) is 0.588. The van der Waals surface area contributed by atoms with Gasteiger partial charge in [0.15, 0.2) is 0 Å². The van der Waals surface area contributed by atoms with Gasteiger partial charge in [-0.25, -0.2) is 4.79 Å². The number of rotatable bonds is 4. The van der Waals surface area contributed by atoms with Gasteiger partial charge in [0, 0.05) is 12.6 Å². The van der Waals surface area contributed by atoms with E-state index in [9.17, 15) is 4.79 Å². The smallest absolute Gasteiger partial charge is 0.337 e. The van der Waals surface area contributed by atoms with Crippen molar-refractivity contribution < 1.29 is 9.53 Å². The maximum absolute atomic E-state index is 11.4. The molecule has 20 heavy (non-hydrogen) atoms. The van der Waals surface area contributed by atoms with Crippen molar-refractivity contribution in [3.63, 3.8) is 0 Å². The maximum atomic E-state index is 11.4. The van der Waals surface area contributed by atoms with E-state index in [4.69, 9.17) is 4.74 Å². The standard InChI is InChI=1S/C17H25NO2/c1-13-6-4-5-7-16(13)18(2)12-14-8-10-15(11-9-14)17(19)20-3/h8-11,13,16H,4-7,12H2,1-3H3. The normalized spacial score (nSPS) is 22.8. The summed E-state index contributed by atoms with van der Waals surface area (Å²) in [4.78, 5) is 13.9. The molecule has 3 nitrogen and oxygen atoms in total. The fourth-order valence-corrected chi connectivity index (χ4v) is 3.22. The third-order valence-corrected chi connectivity index (χ3v) is 4.44. The van der Waals surface area contributed by atoms with E-state index >= 15 is 0 Å². The summed E-state index contributed by atoms with van der Waals surface area (Å²) in [6.45, 7) is 3.30. The van der Waals surface area contributed by atoms with Crippen LogP contribution in [0.4, 0.5) is 0 Å². The largest absolute Gasteiger partial charge is 0.465 e. The van der Waals surface area contributed by atoms with Crippen LogP contribution in [0.1, 0.15) is 48.5 Å². The SMILES string of the molecule is COC(=O)c1ccc(CN(C)C2CCCCC2C)cc1. The zero-order valence-corrected chi connectivity index (χ0v) is 12.8. The Morgan fingerprint density at radius 1 is 1.25 bits per heavy atom. The highest BCUT2D eigenvalue weighted by molar-refractivity contribution is 5.89. The third-order valence-electron chi connectivity index (χ3n) is 4.44. The van der Waals surface area contributed by atoms with Crippen molar-refractivity contribution in [2.45, 2.75) is 45.2 Å². The predicted molar refractivity (Wildman–Crippen MR) is 80.7 cm³/mol. The van der Waals surface area contributed by atoms with Crippen LogP contribution in [0.5, 0.6) is 0 Å². The highest BCUT2D eigenvalue weighted by Gasteiger charge is 2.24. The van der Waals surface area contributed by atoms with Crippen molar-refractivity contribution in [2.75, 3.05) is 14.2 Å². The highest BCUT2D eigenvalue weighted by atomic mass is 16.5. The van der Waals surface area contributed by atoms with Crippen LogP contribution in [-0.2, 0) is 11.3 Å². The molecular weight excluding hydrogens is 250 g/mol. The molecule has 0 radical (unpaired) electrons. The van der Waals surface area contributed by atoms with Crippen LogP contribution in [0, 0.1) is 5.92 Å². The van der Waals surface area contributed by atoms with E-state index in [2.05, 4.69) is 18.9 Å². The minimum absolute atomic E-state index is 0.272. The molecule has 3 heteroatoms. The molecule has 0 heterocycles. The molecule has 1 aromatic carbocycles. The molecule has 1 fully saturated rings. The summed E-state index contributed by atoms with van der Waals surface area (Å²) in [5.41, 5.74) is 1.86. The lowest BCUT2D eigenvalue weighted by atomic mass is 9.85. The van der Waals surface area contributed by atoms with Crippen LogP contribution >= 0.6 is 0 Å². The molecule has 2 unspecified atom stereocenters. The molecule has 0 aromatic heterocycles. The van der Waals surface area contributed by atoms with Gasteiger partial charge < -0.3 is 4.74 Å². The predicted octanol–water partition coefficient (Wildman–Crippen LogP) is 3.48. The summed E-state index contributed by atoms with van der Waals surface area (Å²) in [6, 6.07) is 8.43. The van der Waals surface area contributed by atoms with Gasteiger partial charge >= 0.3 is 5.97 Å². The van der Waals surface area contributed by atoms with Gasteiger partial charge in [-0.1, -0.05) is 31.9 Å².